The molecule has 0 atom stereocenters. The van der Waals surface area contributed by atoms with Crippen molar-refractivity contribution in [2.45, 2.75) is 12.1 Å². The van der Waals surface area contributed by atoms with E-state index >= 15 is 0 Å². The molecule has 0 aliphatic carbocycles. The normalized spacial score (nSPS) is 10.8. The largest absolute Gasteiger partial charge is 0.462 e. The Morgan fingerprint density at radius 3 is 2.55 bits per heavy atom. The van der Waals surface area contributed by atoms with E-state index in [9.17, 15) is 14.4 Å². The highest BCUT2D eigenvalue weighted by atomic mass is 32.2. The third-order valence-electron chi connectivity index (χ3n) is 4.86. The molecule has 1 N–H and O–H groups in total. The van der Waals surface area contributed by atoms with Gasteiger partial charge in [-0.1, -0.05) is 42.1 Å². The zero-order chi connectivity index (χ0) is 23.4. The van der Waals surface area contributed by atoms with Crippen LogP contribution in [0.1, 0.15) is 17.3 Å². The molecule has 0 aliphatic heterocycles. The van der Waals surface area contributed by atoms with Crippen LogP contribution in [0.25, 0.3) is 21.3 Å². The van der Waals surface area contributed by atoms with Crippen molar-refractivity contribution in [2.75, 3.05) is 17.7 Å². The summed E-state index contributed by atoms with van der Waals surface area (Å²) in [6.07, 6.45) is 0. The first-order valence-electron chi connectivity index (χ1n) is 10.2. The molecular formula is C24H21N3O4S2. The molecule has 2 heterocycles. The van der Waals surface area contributed by atoms with Gasteiger partial charge in [0, 0.05) is 23.7 Å². The van der Waals surface area contributed by atoms with Gasteiger partial charge in [0.05, 0.1) is 23.4 Å². The van der Waals surface area contributed by atoms with Gasteiger partial charge in [-0.2, -0.15) is 0 Å². The average Bonchev–Trinajstić information content (AvgIpc) is 3.25. The van der Waals surface area contributed by atoms with E-state index in [1.54, 1.807) is 38.2 Å². The van der Waals surface area contributed by atoms with Gasteiger partial charge >= 0.3 is 5.97 Å². The standard InChI is InChI=1S/C24H21N3O4S2/c1-3-31-23(30)16-9-11-17(12-10-16)25-19(28)14-33-24-26-20-18(15-7-5-4-6-8-15)13-32-21(20)22(29)27(24)2/h4-13H,3,14H2,1-2H3,(H,25,28). The van der Waals surface area contributed by atoms with Gasteiger partial charge in [0.2, 0.25) is 5.91 Å². The second-order valence-electron chi connectivity index (χ2n) is 7.09. The molecule has 0 saturated carbocycles. The molecule has 0 bridgehead atoms. The number of esters is 1. The summed E-state index contributed by atoms with van der Waals surface area (Å²) >= 11 is 2.57. The second kappa shape index (κ2) is 10.0. The lowest BCUT2D eigenvalue weighted by atomic mass is 10.1. The highest BCUT2D eigenvalue weighted by Gasteiger charge is 2.16. The van der Waals surface area contributed by atoms with Gasteiger partial charge in [0.25, 0.3) is 5.56 Å². The van der Waals surface area contributed by atoms with E-state index in [1.807, 2.05) is 35.7 Å². The Bertz CT molecular complexity index is 1360. The molecule has 2 aromatic carbocycles. The summed E-state index contributed by atoms with van der Waals surface area (Å²) in [5.41, 5.74) is 3.39. The van der Waals surface area contributed by atoms with Crippen LogP contribution in [0.4, 0.5) is 5.69 Å². The van der Waals surface area contributed by atoms with E-state index < -0.39 is 5.97 Å². The smallest absolute Gasteiger partial charge is 0.338 e. The predicted octanol–water partition coefficient (Wildman–Crippen LogP) is 4.57. The van der Waals surface area contributed by atoms with Crippen LogP contribution in [0, 0.1) is 0 Å². The Balaban J connectivity index is 1.49. The number of thiophene rings is 1. The molecule has 33 heavy (non-hydrogen) atoms. The van der Waals surface area contributed by atoms with E-state index in [1.165, 1.54) is 27.7 Å². The summed E-state index contributed by atoms with van der Waals surface area (Å²) in [6, 6.07) is 16.3. The van der Waals surface area contributed by atoms with Crippen molar-refractivity contribution in [3.63, 3.8) is 0 Å². The molecule has 0 spiro atoms. The number of thioether (sulfide) groups is 1. The number of hydrogen-bond acceptors (Lipinski definition) is 7. The van der Waals surface area contributed by atoms with E-state index in [4.69, 9.17) is 9.72 Å². The van der Waals surface area contributed by atoms with Crippen LogP contribution >= 0.6 is 23.1 Å². The fourth-order valence-electron chi connectivity index (χ4n) is 3.21. The van der Waals surface area contributed by atoms with Crippen LogP contribution in [0.15, 0.2) is 69.9 Å². The molecule has 0 saturated heterocycles. The lowest BCUT2D eigenvalue weighted by Gasteiger charge is -2.09. The third-order valence-corrected chi connectivity index (χ3v) is 6.84. The van der Waals surface area contributed by atoms with Gasteiger partial charge < -0.3 is 10.1 Å². The fraction of sp³-hybridized carbons (Fsp3) is 0.167. The Hall–Kier alpha value is -3.43. The Kier molecular flexibility index (Phi) is 6.90. The highest BCUT2D eigenvalue weighted by Crippen LogP contribution is 2.32. The van der Waals surface area contributed by atoms with E-state index in [0.717, 1.165) is 11.1 Å². The maximum atomic E-state index is 12.8. The van der Waals surface area contributed by atoms with Crippen molar-refractivity contribution >= 4 is 50.9 Å². The Labute approximate surface area is 198 Å². The first kappa shape index (κ1) is 22.8. The number of nitrogens with one attached hydrogen (secondary N) is 1. The van der Waals surface area contributed by atoms with Crippen molar-refractivity contribution in [3.05, 3.63) is 75.9 Å². The highest BCUT2D eigenvalue weighted by molar-refractivity contribution is 7.99. The number of benzene rings is 2. The maximum absolute atomic E-state index is 12.8. The molecule has 1 amide bonds. The fourth-order valence-corrected chi connectivity index (χ4v) is 4.96. The van der Waals surface area contributed by atoms with Crippen LogP contribution in [-0.2, 0) is 16.6 Å². The van der Waals surface area contributed by atoms with Crippen molar-refractivity contribution in [1.29, 1.82) is 0 Å². The number of carbonyl (C=O) groups excluding carboxylic acids is 2. The van der Waals surface area contributed by atoms with Crippen LogP contribution in [-0.4, -0.2) is 33.8 Å². The van der Waals surface area contributed by atoms with E-state index in [0.29, 0.717) is 33.2 Å². The first-order chi connectivity index (χ1) is 16.0. The number of ether oxygens (including phenoxy) is 1. The van der Waals surface area contributed by atoms with Crippen LogP contribution < -0.4 is 10.9 Å². The maximum Gasteiger partial charge on any atom is 0.338 e. The number of amides is 1. The minimum Gasteiger partial charge on any atom is -0.462 e. The zero-order valence-corrected chi connectivity index (χ0v) is 19.7. The monoisotopic (exact) mass is 479 g/mol. The number of rotatable bonds is 7. The third kappa shape index (κ3) is 4.99. The SMILES string of the molecule is CCOC(=O)c1ccc(NC(=O)CSc2nc3c(-c4ccccc4)csc3c(=O)n2C)cc1. The average molecular weight is 480 g/mol. The number of carbonyl (C=O) groups is 2. The minimum atomic E-state index is -0.406. The minimum absolute atomic E-state index is 0.0796. The summed E-state index contributed by atoms with van der Waals surface area (Å²) in [6.45, 7) is 2.04. The van der Waals surface area contributed by atoms with Crippen molar-refractivity contribution in [3.8, 4) is 11.1 Å². The van der Waals surface area contributed by atoms with Crippen LogP contribution in [0.5, 0.6) is 0 Å². The van der Waals surface area contributed by atoms with Gasteiger partial charge in [-0.3, -0.25) is 14.2 Å². The quantitative estimate of drug-likeness (QED) is 0.237. The summed E-state index contributed by atoms with van der Waals surface area (Å²) < 4.78 is 7.02. The Morgan fingerprint density at radius 2 is 1.85 bits per heavy atom. The lowest BCUT2D eigenvalue weighted by molar-refractivity contribution is -0.113. The van der Waals surface area contributed by atoms with Gasteiger partial charge in [-0.15, -0.1) is 11.3 Å². The molecule has 7 nitrogen and oxygen atoms in total. The molecule has 0 fully saturated rings. The van der Waals surface area contributed by atoms with Crippen LogP contribution in [0.3, 0.4) is 0 Å². The van der Waals surface area contributed by atoms with Gasteiger partial charge in [0.1, 0.15) is 4.70 Å². The van der Waals surface area contributed by atoms with Gasteiger partial charge in [-0.05, 0) is 36.8 Å². The van der Waals surface area contributed by atoms with E-state index in [-0.39, 0.29) is 17.2 Å². The molecule has 168 valence electrons. The number of anilines is 1. The molecule has 4 rings (SSSR count). The molecule has 0 radical (unpaired) electrons. The molecular weight excluding hydrogens is 458 g/mol. The molecule has 4 aromatic rings. The predicted molar refractivity (Wildman–Crippen MR) is 132 cm³/mol. The number of aromatic nitrogens is 2. The molecule has 0 unspecified atom stereocenters. The number of hydrogen-bond donors (Lipinski definition) is 1. The number of nitrogens with zero attached hydrogens (tertiary/aromatic N) is 2. The first-order valence-corrected chi connectivity index (χ1v) is 12.1. The second-order valence-corrected chi connectivity index (χ2v) is 8.91. The van der Waals surface area contributed by atoms with Crippen molar-refractivity contribution in [1.82, 2.24) is 9.55 Å². The van der Waals surface area contributed by atoms with Gasteiger partial charge in [0.15, 0.2) is 5.16 Å². The van der Waals surface area contributed by atoms with Crippen LogP contribution in [0.2, 0.25) is 0 Å². The zero-order valence-electron chi connectivity index (χ0n) is 18.0. The van der Waals surface area contributed by atoms with E-state index in [2.05, 4.69) is 5.32 Å². The molecule has 0 aliphatic rings. The van der Waals surface area contributed by atoms with Crippen molar-refractivity contribution in [2.24, 2.45) is 7.05 Å². The number of fused-ring (bicyclic) bond motifs is 1. The molecule has 2 aromatic heterocycles. The summed E-state index contributed by atoms with van der Waals surface area (Å²) in [5, 5.41) is 5.20. The summed E-state index contributed by atoms with van der Waals surface area (Å²) in [7, 11) is 1.66. The summed E-state index contributed by atoms with van der Waals surface area (Å²) in [5.74, 6) is -0.570. The Morgan fingerprint density at radius 1 is 1.12 bits per heavy atom. The summed E-state index contributed by atoms with van der Waals surface area (Å²) in [4.78, 5) is 41.8. The van der Waals surface area contributed by atoms with Crippen molar-refractivity contribution < 1.29 is 14.3 Å². The molecule has 9 heteroatoms. The lowest BCUT2D eigenvalue weighted by Crippen LogP contribution is -2.20. The van der Waals surface area contributed by atoms with Gasteiger partial charge in [-0.25, -0.2) is 9.78 Å². The topological polar surface area (TPSA) is 90.3 Å².